The van der Waals surface area contributed by atoms with Crippen LogP contribution < -0.4 is 0 Å². The number of urea groups is 1. The van der Waals surface area contributed by atoms with Crippen molar-refractivity contribution in [2.75, 3.05) is 13.1 Å². The van der Waals surface area contributed by atoms with Crippen molar-refractivity contribution < 1.29 is 9.59 Å². The number of hydrogen-bond donors (Lipinski definition) is 0. The Morgan fingerprint density at radius 1 is 0.889 bits per heavy atom. The molecule has 1 aliphatic heterocycles. The second-order valence-electron chi connectivity index (χ2n) is 6.00. The second-order valence-corrected chi connectivity index (χ2v) is 6.83. The molecular formula is C21H19ClN2O2S. The maximum atomic E-state index is 13.2. The molecule has 2 aromatic carbocycles. The minimum absolute atomic E-state index is 0.256. The lowest BCUT2D eigenvalue weighted by atomic mass is 9.91. The standard InChI is InChI=1S/C21H19ClN2O2S/c1-3-23-19(25)18(20(27)24(4-2)21(23)26)17(14-8-6-5-7-9-14)15-10-12-16(22)13-11-15/h5-13H,3-4H2,1-2H3. The van der Waals surface area contributed by atoms with Crippen molar-refractivity contribution in [3.8, 4) is 0 Å². The quantitative estimate of drug-likeness (QED) is 0.550. The topological polar surface area (TPSA) is 40.6 Å². The summed E-state index contributed by atoms with van der Waals surface area (Å²) in [6.45, 7) is 4.30. The molecule has 0 radical (unpaired) electrons. The maximum Gasteiger partial charge on any atom is 0.332 e. The van der Waals surface area contributed by atoms with E-state index >= 15 is 0 Å². The largest absolute Gasteiger partial charge is 0.332 e. The molecule has 138 valence electrons. The van der Waals surface area contributed by atoms with Crippen LogP contribution in [0.15, 0.2) is 60.2 Å². The van der Waals surface area contributed by atoms with Gasteiger partial charge in [-0.2, -0.15) is 0 Å². The molecule has 1 saturated heterocycles. The highest BCUT2D eigenvalue weighted by molar-refractivity contribution is 7.81. The molecule has 0 aliphatic carbocycles. The van der Waals surface area contributed by atoms with Crippen LogP contribution in [0.25, 0.3) is 5.57 Å². The van der Waals surface area contributed by atoms with Crippen molar-refractivity contribution in [3.05, 3.63) is 76.3 Å². The highest BCUT2D eigenvalue weighted by Crippen LogP contribution is 2.32. The average molecular weight is 399 g/mol. The van der Waals surface area contributed by atoms with Crippen LogP contribution in [-0.4, -0.2) is 39.8 Å². The number of carbonyl (C=O) groups is 2. The van der Waals surface area contributed by atoms with Gasteiger partial charge in [0.1, 0.15) is 4.99 Å². The van der Waals surface area contributed by atoms with Gasteiger partial charge in [-0.25, -0.2) is 4.79 Å². The van der Waals surface area contributed by atoms with E-state index in [0.717, 1.165) is 11.1 Å². The number of halogens is 1. The summed E-state index contributed by atoms with van der Waals surface area (Å²) in [5.41, 5.74) is 2.73. The zero-order valence-electron chi connectivity index (χ0n) is 15.1. The molecule has 4 nitrogen and oxygen atoms in total. The number of carbonyl (C=O) groups excluding carboxylic acids is 2. The van der Waals surface area contributed by atoms with Crippen molar-refractivity contribution >= 4 is 46.3 Å². The van der Waals surface area contributed by atoms with Crippen LogP contribution in [0.3, 0.4) is 0 Å². The lowest BCUT2D eigenvalue weighted by Crippen LogP contribution is -2.55. The fourth-order valence-corrected chi connectivity index (χ4v) is 3.65. The summed E-state index contributed by atoms with van der Waals surface area (Å²) in [5, 5.41) is 0.606. The Bertz CT molecular complexity index is 895. The predicted molar refractivity (Wildman–Crippen MR) is 112 cm³/mol. The number of hydrogen-bond acceptors (Lipinski definition) is 3. The van der Waals surface area contributed by atoms with E-state index in [9.17, 15) is 9.59 Å². The van der Waals surface area contributed by atoms with Gasteiger partial charge in [0.15, 0.2) is 0 Å². The molecule has 3 amide bonds. The van der Waals surface area contributed by atoms with E-state index in [1.165, 1.54) is 9.80 Å². The highest BCUT2D eigenvalue weighted by atomic mass is 35.5. The highest BCUT2D eigenvalue weighted by Gasteiger charge is 2.40. The number of thiocarbonyl (C=S) groups is 1. The second kappa shape index (κ2) is 8.03. The number of rotatable bonds is 4. The Morgan fingerprint density at radius 3 is 2.00 bits per heavy atom. The third kappa shape index (κ3) is 3.53. The van der Waals surface area contributed by atoms with Gasteiger partial charge in [0.05, 0.1) is 5.57 Å². The molecule has 3 rings (SSSR count). The van der Waals surface area contributed by atoms with Gasteiger partial charge in [0, 0.05) is 23.7 Å². The van der Waals surface area contributed by atoms with Crippen LogP contribution in [-0.2, 0) is 4.79 Å². The molecule has 0 saturated carbocycles. The fraction of sp³-hybridized carbons (Fsp3) is 0.190. The van der Waals surface area contributed by atoms with Crippen molar-refractivity contribution in [1.82, 2.24) is 9.80 Å². The van der Waals surface area contributed by atoms with Crippen LogP contribution in [0.1, 0.15) is 25.0 Å². The number of likely N-dealkylation sites (N-methyl/N-ethyl adjacent to an activating group) is 2. The number of imide groups is 1. The van der Waals surface area contributed by atoms with Crippen LogP contribution in [0.5, 0.6) is 0 Å². The zero-order valence-corrected chi connectivity index (χ0v) is 16.7. The molecule has 0 N–H and O–H groups in total. The van der Waals surface area contributed by atoms with Gasteiger partial charge in [-0.1, -0.05) is 66.3 Å². The van der Waals surface area contributed by atoms with Gasteiger partial charge in [-0.05, 0) is 37.1 Å². The van der Waals surface area contributed by atoms with Gasteiger partial charge in [-0.3, -0.25) is 14.6 Å². The first-order valence-electron chi connectivity index (χ1n) is 8.72. The lowest BCUT2D eigenvalue weighted by molar-refractivity contribution is -0.124. The minimum Gasteiger partial charge on any atom is -0.284 e. The van der Waals surface area contributed by atoms with E-state index in [2.05, 4.69) is 0 Å². The van der Waals surface area contributed by atoms with Gasteiger partial charge < -0.3 is 0 Å². The van der Waals surface area contributed by atoms with Crippen LogP contribution >= 0.6 is 23.8 Å². The molecular weight excluding hydrogens is 380 g/mol. The molecule has 1 heterocycles. The Kier molecular flexibility index (Phi) is 5.73. The molecule has 6 heteroatoms. The van der Waals surface area contributed by atoms with Crippen LogP contribution in [0.2, 0.25) is 5.02 Å². The summed E-state index contributed by atoms with van der Waals surface area (Å²) in [7, 11) is 0. The molecule has 1 aliphatic rings. The zero-order chi connectivity index (χ0) is 19.6. The summed E-state index contributed by atoms with van der Waals surface area (Å²) in [6.07, 6.45) is 0. The summed E-state index contributed by atoms with van der Waals surface area (Å²) in [6, 6.07) is 16.5. The predicted octanol–water partition coefficient (Wildman–Crippen LogP) is 4.77. The molecule has 0 atom stereocenters. The first-order chi connectivity index (χ1) is 13.0. The van der Waals surface area contributed by atoms with E-state index in [-0.39, 0.29) is 23.5 Å². The van der Waals surface area contributed by atoms with E-state index < -0.39 is 0 Å². The van der Waals surface area contributed by atoms with Crippen LogP contribution in [0, 0.1) is 0 Å². The third-order valence-corrected chi connectivity index (χ3v) is 5.13. The Labute approximate surface area is 169 Å². The van der Waals surface area contributed by atoms with Crippen molar-refractivity contribution in [1.29, 1.82) is 0 Å². The Morgan fingerprint density at radius 2 is 1.44 bits per heavy atom. The van der Waals surface area contributed by atoms with E-state index in [1.807, 2.05) is 49.4 Å². The third-order valence-electron chi connectivity index (χ3n) is 4.46. The molecule has 0 spiro atoms. The van der Waals surface area contributed by atoms with Crippen molar-refractivity contribution in [3.63, 3.8) is 0 Å². The molecule has 27 heavy (non-hydrogen) atoms. The number of amides is 3. The van der Waals surface area contributed by atoms with E-state index in [4.69, 9.17) is 23.8 Å². The number of benzene rings is 2. The lowest BCUT2D eigenvalue weighted by Gasteiger charge is -2.36. The minimum atomic E-state index is -0.373. The summed E-state index contributed by atoms with van der Waals surface area (Å²) < 4.78 is 0. The monoisotopic (exact) mass is 398 g/mol. The van der Waals surface area contributed by atoms with Gasteiger partial charge in [-0.15, -0.1) is 0 Å². The smallest absolute Gasteiger partial charge is 0.284 e. The fourth-order valence-electron chi connectivity index (χ4n) is 3.13. The molecule has 0 aromatic heterocycles. The molecule has 1 fully saturated rings. The Balaban J connectivity index is 2.31. The first kappa shape index (κ1) is 19.3. The normalized spacial score (nSPS) is 16.8. The summed E-state index contributed by atoms with van der Waals surface area (Å²) >= 11 is 11.6. The van der Waals surface area contributed by atoms with Gasteiger partial charge >= 0.3 is 6.03 Å². The molecule has 2 aromatic rings. The molecule has 0 unspecified atom stereocenters. The van der Waals surface area contributed by atoms with E-state index in [1.54, 1.807) is 19.1 Å². The first-order valence-corrected chi connectivity index (χ1v) is 9.51. The van der Waals surface area contributed by atoms with Crippen LogP contribution in [0.4, 0.5) is 4.79 Å². The van der Waals surface area contributed by atoms with Crippen molar-refractivity contribution in [2.24, 2.45) is 0 Å². The molecule has 0 bridgehead atoms. The van der Waals surface area contributed by atoms with E-state index in [0.29, 0.717) is 22.7 Å². The summed E-state index contributed by atoms with van der Waals surface area (Å²) in [5.74, 6) is -0.369. The average Bonchev–Trinajstić information content (AvgIpc) is 2.67. The van der Waals surface area contributed by atoms with Gasteiger partial charge in [0.2, 0.25) is 0 Å². The SMILES string of the molecule is CCN1C(=O)C(=C(c2ccccc2)c2ccc(Cl)cc2)C(=S)N(CC)C1=O. The maximum absolute atomic E-state index is 13.2. The number of nitrogens with zero attached hydrogens (tertiary/aromatic N) is 2. The van der Waals surface area contributed by atoms with Crippen molar-refractivity contribution in [2.45, 2.75) is 13.8 Å². The Hall–Kier alpha value is -2.50. The summed E-state index contributed by atoms with van der Waals surface area (Å²) in [4.78, 5) is 28.8. The van der Waals surface area contributed by atoms with Gasteiger partial charge in [0.25, 0.3) is 5.91 Å².